The molecule has 2 unspecified atom stereocenters. The van der Waals surface area contributed by atoms with Gasteiger partial charge in [0.15, 0.2) is 9.84 Å². The van der Waals surface area contributed by atoms with Gasteiger partial charge in [0.1, 0.15) is 12.1 Å². The average Bonchev–Trinajstić information content (AvgIpc) is 3.33. The normalized spacial score (nSPS) is 29.4. The van der Waals surface area contributed by atoms with Crippen molar-refractivity contribution in [3.63, 3.8) is 0 Å². The highest BCUT2D eigenvalue weighted by atomic mass is 32.2. The molecule has 4 N–H and O–H groups in total. The van der Waals surface area contributed by atoms with E-state index in [0.29, 0.717) is 38.6 Å². The molecule has 2 heterocycles. The van der Waals surface area contributed by atoms with Crippen LogP contribution in [-0.4, -0.2) is 90.6 Å². The number of carbonyl (C=O) groups excluding carboxylic acids is 5. The predicted octanol–water partition coefficient (Wildman–Crippen LogP) is 3.01. The first kappa shape index (κ1) is 37.3. The molecule has 6 atom stereocenters. The topological polar surface area (TPSA) is 171 Å². The van der Waals surface area contributed by atoms with Crippen molar-refractivity contribution in [2.75, 3.05) is 18.8 Å². The molecule has 274 valence electrons. The van der Waals surface area contributed by atoms with E-state index < -0.39 is 73.7 Å². The lowest BCUT2D eigenvalue weighted by atomic mass is 9.78. The van der Waals surface area contributed by atoms with Crippen LogP contribution in [0.5, 0.6) is 0 Å². The van der Waals surface area contributed by atoms with Crippen LogP contribution in [0.4, 0.5) is 4.79 Å². The van der Waals surface area contributed by atoms with E-state index in [1.165, 1.54) is 6.08 Å². The summed E-state index contributed by atoms with van der Waals surface area (Å²) in [4.78, 5) is 69.9. The number of nitrogens with one attached hydrogen (secondary N) is 4. The number of likely N-dealkylation sites (tertiary alicyclic amines) is 1. The summed E-state index contributed by atoms with van der Waals surface area (Å²) in [6, 6.07) is -3.48. The van der Waals surface area contributed by atoms with Crippen molar-refractivity contribution in [3.8, 4) is 0 Å². The van der Waals surface area contributed by atoms with Crippen molar-refractivity contribution in [2.24, 2.45) is 28.6 Å². The first-order chi connectivity index (χ1) is 22.9. The average molecular weight is 704 g/mol. The number of carbonyl (C=O) groups is 5. The highest BCUT2D eigenvalue weighted by Gasteiger charge is 2.70. The molecule has 5 aliphatic rings. The van der Waals surface area contributed by atoms with E-state index in [9.17, 15) is 32.4 Å². The number of fused-ring (bicyclic) bond motifs is 1. The molecule has 13 heteroatoms. The number of urea groups is 1. The van der Waals surface area contributed by atoms with Crippen LogP contribution in [0.25, 0.3) is 0 Å². The number of sulfone groups is 1. The van der Waals surface area contributed by atoms with Gasteiger partial charge >= 0.3 is 6.03 Å². The molecule has 5 amide bonds. The van der Waals surface area contributed by atoms with Gasteiger partial charge in [-0.1, -0.05) is 79.2 Å². The van der Waals surface area contributed by atoms with Crippen molar-refractivity contribution in [1.82, 2.24) is 26.2 Å². The fourth-order valence-electron chi connectivity index (χ4n) is 9.10. The Morgan fingerprint density at radius 1 is 0.959 bits per heavy atom. The van der Waals surface area contributed by atoms with Crippen molar-refractivity contribution in [2.45, 2.75) is 134 Å². The summed E-state index contributed by atoms with van der Waals surface area (Å²) in [5.74, 6) is -2.08. The number of hydrogen-bond donors (Lipinski definition) is 4. The van der Waals surface area contributed by atoms with E-state index in [-0.39, 0.29) is 35.5 Å². The third-order valence-corrected chi connectivity index (χ3v) is 14.7. The molecule has 2 saturated heterocycles. The largest absolute Gasteiger partial charge is 0.346 e. The Morgan fingerprint density at radius 2 is 1.63 bits per heavy atom. The van der Waals surface area contributed by atoms with Gasteiger partial charge in [0.25, 0.3) is 5.91 Å². The Labute approximate surface area is 291 Å². The zero-order valence-corrected chi connectivity index (χ0v) is 30.8. The summed E-state index contributed by atoms with van der Waals surface area (Å²) in [6.45, 7) is 13.7. The Morgan fingerprint density at radius 3 is 2.18 bits per heavy atom. The molecule has 12 nitrogen and oxygen atoms in total. The van der Waals surface area contributed by atoms with Gasteiger partial charge in [0.05, 0.1) is 22.6 Å². The second-order valence-electron chi connectivity index (χ2n) is 17.0. The molecule has 3 saturated carbocycles. The number of Topliss-reactive ketones (excluding diaryl/α,β-unsaturated/α-hetero) is 1. The fourth-order valence-corrected chi connectivity index (χ4v) is 11.5. The number of nitrogens with zero attached hydrogens (tertiary/aromatic N) is 1. The van der Waals surface area contributed by atoms with Gasteiger partial charge in [0.2, 0.25) is 17.6 Å². The second kappa shape index (κ2) is 14.0. The maximum Gasteiger partial charge on any atom is 0.315 e. The van der Waals surface area contributed by atoms with E-state index in [2.05, 4.69) is 41.7 Å². The zero-order valence-electron chi connectivity index (χ0n) is 29.9. The fraction of sp³-hybridized carbons (Fsp3) is 0.806. The van der Waals surface area contributed by atoms with E-state index in [1.807, 2.05) is 20.8 Å². The van der Waals surface area contributed by atoms with Gasteiger partial charge in [-0.15, -0.1) is 6.58 Å². The molecule has 0 radical (unpaired) electrons. The van der Waals surface area contributed by atoms with Gasteiger partial charge in [-0.05, 0) is 60.7 Å². The van der Waals surface area contributed by atoms with Crippen LogP contribution in [-0.2, 0) is 29.0 Å². The van der Waals surface area contributed by atoms with Crippen LogP contribution in [0.15, 0.2) is 12.7 Å². The third kappa shape index (κ3) is 7.56. The zero-order chi connectivity index (χ0) is 35.9. The van der Waals surface area contributed by atoms with Gasteiger partial charge < -0.3 is 26.2 Å². The summed E-state index contributed by atoms with van der Waals surface area (Å²) in [6.07, 6.45) is 9.55. The maximum absolute atomic E-state index is 14.5. The Bertz CT molecular complexity index is 1440. The second-order valence-corrected chi connectivity index (χ2v) is 19.3. The van der Waals surface area contributed by atoms with Gasteiger partial charge in [-0.3, -0.25) is 19.2 Å². The summed E-state index contributed by atoms with van der Waals surface area (Å²) in [7, 11) is -3.35. The van der Waals surface area contributed by atoms with Crippen LogP contribution < -0.4 is 21.3 Å². The highest BCUT2D eigenvalue weighted by Crippen LogP contribution is 2.65. The molecule has 5 rings (SSSR count). The molecule has 0 bridgehead atoms. The lowest BCUT2D eigenvalue weighted by Gasteiger charge is -2.43. The monoisotopic (exact) mass is 703 g/mol. The van der Waals surface area contributed by atoms with Crippen molar-refractivity contribution < 1.29 is 32.4 Å². The Hall–Kier alpha value is -2.96. The Balaban J connectivity index is 1.35. The number of ketones is 1. The quantitative estimate of drug-likeness (QED) is 0.179. The summed E-state index contributed by atoms with van der Waals surface area (Å²) >= 11 is 0. The summed E-state index contributed by atoms with van der Waals surface area (Å²) in [5.41, 5.74) is -1.83. The lowest BCUT2D eigenvalue weighted by Crippen LogP contribution is -2.65. The molecule has 0 aromatic carbocycles. The van der Waals surface area contributed by atoms with Crippen LogP contribution in [0.2, 0.25) is 0 Å². The van der Waals surface area contributed by atoms with Gasteiger partial charge in [-0.2, -0.15) is 0 Å². The van der Waals surface area contributed by atoms with Crippen molar-refractivity contribution in [3.05, 3.63) is 12.7 Å². The SMILES string of the molecule is C=CCNC(=O)C(=O)C(CC1CCC1)NC(=O)[C@@H]1[C@@H]2[C@H](CN1C(=O)[C@@H](NC(=O)NC1(C3CCCS3(=O)=O)CCCCC1)C(C)(C)C)C2(C)C. The molecular formula is C36H57N5O7S. The minimum Gasteiger partial charge on any atom is -0.346 e. The van der Waals surface area contributed by atoms with E-state index in [0.717, 1.165) is 38.5 Å². The van der Waals surface area contributed by atoms with Crippen molar-refractivity contribution >= 4 is 39.4 Å². The minimum absolute atomic E-state index is 0.0661. The molecule has 3 aliphatic carbocycles. The van der Waals surface area contributed by atoms with Crippen LogP contribution >= 0.6 is 0 Å². The summed E-state index contributed by atoms with van der Waals surface area (Å²) in [5, 5.41) is 10.8. The lowest BCUT2D eigenvalue weighted by molar-refractivity contribution is -0.145. The smallest absolute Gasteiger partial charge is 0.315 e. The Kier molecular flexibility index (Phi) is 10.6. The maximum atomic E-state index is 14.5. The molecule has 0 aromatic rings. The number of amides is 5. The van der Waals surface area contributed by atoms with Crippen LogP contribution in [0.1, 0.15) is 105 Å². The number of hydrogen-bond acceptors (Lipinski definition) is 7. The molecule has 5 fully saturated rings. The highest BCUT2D eigenvalue weighted by molar-refractivity contribution is 7.92. The van der Waals surface area contributed by atoms with E-state index in [1.54, 1.807) is 4.90 Å². The van der Waals surface area contributed by atoms with Gasteiger partial charge in [0, 0.05) is 13.1 Å². The van der Waals surface area contributed by atoms with Crippen LogP contribution in [0.3, 0.4) is 0 Å². The number of piperidine rings is 1. The van der Waals surface area contributed by atoms with Crippen LogP contribution in [0, 0.1) is 28.6 Å². The third-order valence-electron chi connectivity index (χ3n) is 12.3. The standard InChI is InChI=1S/C36H57N5O7S/c1-7-18-37-31(44)28(42)24(20-22-13-11-14-22)38-30(43)27-26-23(35(26,5)6)21-41(27)32(45)29(34(2,3)4)39-33(46)40-36(16-9-8-10-17-36)25-15-12-19-49(25,47)48/h7,22-27,29H,1,8-21H2,2-6H3,(H,37,44)(H,38,43)(H2,39,40,46)/t23-,24?,25?,26-,27-,29+/m0/s1. The molecule has 0 aromatic heterocycles. The van der Waals surface area contributed by atoms with E-state index >= 15 is 0 Å². The first-order valence-corrected chi connectivity index (χ1v) is 20.0. The molecular weight excluding hydrogens is 646 g/mol. The summed E-state index contributed by atoms with van der Waals surface area (Å²) < 4.78 is 26.1. The molecule has 0 spiro atoms. The van der Waals surface area contributed by atoms with Crippen molar-refractivity contribution in [1.29, 1.82) is 0 Å². The minimum atomic E-state index is -3.35. The molecule has 49 heavy (non-hydrogen) atoms. The van der Waals surface area contributed by atoms with Gasteiger partial charge in [-0.25, -0.2) is 13.2 Å². The van der Waals surface area contributed by atoms with E-state index in [4.69, 9.17) is 0 Å². The predicted molar refractivity (Wildman–Crippen MR) is 186 cm³/mol. The number of rotatable bonds is 12. The molecule has 2 aliphatic heterocycles. The first-order valence-electron chi connectivity index (χ1n) is 18.3.